The van der Waals surface area contributed by atoms with Gasteiger partial charge < -0.3 is 14.6 Å². The van der Waals surface area contributed by atoms with Gasteiger partial charge in [0.2, 0.25) is 0 Å². The third-order valence-electron chi connectivity index (χ3n) is 3.54. The minimum absolute atomic E-state index is 0.0469. The Bertz CT molecular complexity index is 356. The highest BCUT2D eigenvalue weighted by Crippen LogP contribution is 2.24. The van der Waals surface area contributed by atoms with E-state index < -0.39 is 0 Å². The molecule has 0 unspecified atom stereocenters. The van der Waals surface area contributed by atoms with Crippen LogP contribution >= 0.6 is 0 Å². The van der Waals surface area contributed by atoms with E-state index >= 15 is 0 Å². The van der Waals surface area contributed by atoms with E-state index in [0.717, 1.165) is 18.4 Å². The lowest BCUT2D eigenvalue weighted by Crippen LogP contribution is -2.46. The van der Waals surface area contributed by atoms with E-state index in [2.05, 4.69) is 5.32 Å². The molecule has 0 saturated heterocycles. The van der Waals surface area contributed by atoms with Crippen LogP contribution in [-0.2, 0) is 6.54 Å². The molecule has 2 amide bonds. The Kier molecular flexibility index (Phi) is 4.67. The number of carbonyl (C=O) groups excluding carboxylic acids is 1. The van der Waals surface area contributed by atoms with Crippen molar-refractivity contribution in [2.45, 2.75) is 51.6 Å². The second-order valence-corrected chi connectivity index (χ2v) is 4.89. The van der Waals surface area contributed by atoms with Gasteiger partial charge in [-0.2, -0.15) is 0 Å². The van der Waals surface area contributed by atoms with Crippen molar-refractivity contribution in [3.8, 4) is 0 Å². The maximum absolute atomic E-state index is 12.2. The van der Waals surface area contributed by atoms with Crippen LogP contribution in [0.15, 0.2) is 23.0 Å². The molecule has 1 aliphatic carbocycles. The Morgan fingerprint density at radius 2 is 2.22 bits per heavy atom. The number of hydrogen-bond acceptors (Lipinski definition) is 2. The first-order valence-corrected chi connectivity index (χ1v) is 6.86. The van der Waals surface area contributed by atoms with E-state index in [1.807, 2.05) is 17.9 Å². The zero-order chi connectivity index (χ0) is 12.8. The van der Waals surface area contributed by atoms with Gasteiger partial charge in [0.05, 0.1) is 19.1 Å². The standard InChI is InChI=1S/C14H22N2O2/c1-2-15-14(17)16(10-12-8-9-18-11-12)13-6-4-3-5-7-13/h8-9,11,13H,2-7,10H2,1H3,(H,15,17). The van der Waals surface area contributed by atoms with Crippen molar-refractivity contribution >= 4 is 6.03 Å². The highest BCUT2D eigenvalue weighted by atomic mass is 16.3. The zero-order valence-corrected chi connectivity index (χ0v) is 11.0. The van der Waals surface area contributed by atoms with Crippen molar-refractivity contribution in [3.63, 3.8) is 0 Å². The molecule has 1 heterocycles. The van der Waals surface area contributed by atoms with Gasteiger partial charge in [-0.15, -0.1) is 0 Å². The fourth-order valence-electron chi connectivity index (χ4n) is 2.59. The molecule has 0 bridgehead atoms. The number of hydrogen-bond donors (Lipinski definition) is 1. The molecule has 0 aromatic carbocycles. The molecule has 1 aliphatic rings. The van der Waals surface area contributed by atoms with Crippen LogP contribution in [-0.4, -0.2) is 23.5 Å². The molecule has 1 saturated carbocycles. The number of amides is 2. The molecule has 1 aromatic rings. The number of carbonyl (C=O) groups is 1. The number of rotatable bonds is 4. The third-order valence-corrected chi connectivity index (χ3v) is 3.54. The summed E-state index contributed by atoms with van der Waals surface area (Å²) in [6.45, 7) is 3.27. The molecule has 0 aliphatic heterocycles. The molecule has 1 aromatic heterocycles. The first-order valence-electron chi connectivity index (χ1n) is 6.86. The number of nitrogens with one attached hydrogen (secondary N) is 1. The number of furan rings is 1. The van der Waals surface area contributed by atoms with Gasteiger partial charge in [-0.1, -0.05) is 19.3 Å². The molecule has 2 rings (SSSR count). The molecule has 0 radical (unpaired) electrons. The maximum atomic E-state index is 12.2. The molecule has 100 valence electrons. The minimum Gasteiger partial charge on any atom is -0.472 e. The van der Waals surface area contributed by atoms with Crippen LogP contribution in [0.25, 0.3) is 0 Å². The summed E-state index contributed by atoms with van der Waals surface area (Å²) in [5.74, 6) is 0. The van der Waals surface area contributed by atoms with Crippen molar-refractivity contribution in [2.75, 3.05) is 6.54 Å². The fourth-order valence-corrected chi connectivity index (χ4v) is 2.59. The molecule has 1 N–H and O–H groups in total. The highest BCUT2D eigenvalue weighted by molar-refractivity contribution is 5.74. The van der Waals surface area contributed by atoms with Crippen molar-refractivity contribution in [3.05, 3.63) is 24.2 Å². The average Bonchev–Trinajstić information content (AvgIpc) is 2.90. The van der Waals surface area contributed by atoms with E-state index in [4.69, 9.17) is 4.42 Å². The second kappa shape index (κ2) is 6.47. The molecule has 4 heteroatoms. The fraction of sp³-hybridized carbons (Fsp3) is 0.643. The van der Waals surface area contributed by atoms with Gasteiger partial charge in [0.1, 0.15) is 0 Å². The van der Waals surface area contributed by atoms with Gasteiger partial charge in [-0.3, -0.25) is 0 Å². The van der Waals surface area contributed by atoms with Crippen LogP contribution < -0.4 is 5.32 Å². The first kappa shape index (κ1) is 13.0. The topological polar surface area (TPSA) is 45.5 Å². The van der Waals surface area contributed by atoms with Gasteiger partial charge in [-0.05, 0) is 25.8 Å². The molecule has 0 spiro atoms. The van der Waals surface area contributed by atoms with E-state index in [-0.39, 0.29) is 6.03 Å². The Morgan fingerprint density at radius 3 is 2.83 bits per heavy atom. The maximum Gasteiger partial charge on any atom is 0.317 e. The summed E-state index contributed by atoms with van der Waals surface area (Å²) in [5.41, 5.74) is 1.06. The third kappa shape index (κ3) is 3.28. The lowest BCUT2D eigenvalue weighted by atomic mass is 9.94. The van der Waals surface area contributed by atoms with Gasteiger partial charge in [-0.25, -0.2) is 4.79 Å². The van der Waals surface area contributed by atoms with Crippen LogP contribution in [0.2, 0.25) is 0 Å². The summed E-state index contributed by atoms with van der Waals surface area (Å²) in [6.07, 6.45) is 9.37. The molecule has 0 atom stereocenters. The van der Waals surface area contributed by atoms with Crippen LogP contribution in [0.3, 0.4) is 0 Å². The molecular formula is C14H22N2O2. The largest absolute Gasteiger partial charge is 0.472 e. The van der Waals surface area contributed by atoms with E-state index in [1.165, 1.54) is 19.3 Å². The van der Waals surface area contributed by atoms with Crippen LogP contribution in [0.4, 0.5) is 4.79 Å². The lowest BCUT2D eigenvalue weighted by Gasteiger charge is -2.34. The Hall–Kier alpha value is -1.45. The summed E-state index contributed by atoms with van der Waals surface area (Å²) < 4.78 is 5.08. The van der Waals surface area contributed by atoms with E-state index in [9.17, 15) is 4.79 Å². The van der Waals surface area contributed by atoms with Crippen LogP contribution in [0.5, 0.6) is 0 Å². The minimum atomic E-state index is 0.0469. The van der Waals surface area contributed by atoms with Crippen molar-refractivity contribution in [1.82, 2.24) is 10.2 Å². The predicted molar refractivity (Wildman–Crippen MR) is 70.2 cm³/mol. The van der Waals surface area contributed by atoms with Crippen LogP contribution in [0, 0.1) is 0 Å². The predicted octanol–water partition coefficient (Wildman–Crippen LogP) is 3.14. The average molecular weight is 250 g/mol. The Morgan fingerprint density at radius 1 is 1.44 bits per heavy atom. The van der Waals surface area contributed by atoms with E-state index in [0.29, 0.717) is 19.1 Å². The summed E-state index contributed by atoms with van der Waals surface area (Å²) in [5, 5.41) is 2.91. The number of nitrogens with zero attached hydrogens (tertiary/aromatic N) is 1. The smallest absolute Gasteiger partial charge is 0.317 e. The van der Waals surface area contributed by atoms with Gasteiger partial charge in [0.15, 0.2) is 0 Å². The van der Waals surface area contributed by atoms with Crippen molar-refractivity contribution < 1.29 is 9.21 Å². The zero-order valence-electron chi connectivity index (χ0n) is 11.0. The van der Waals surface area contributed by atoms with Gasteiger partial charge in [0.25, 0.3) is 0 Å². The molecule has 18 heavy (non-hydrogen) atoms. The SMILES string of the molecule is CCNC(=O)N(Cc1ccoc1)C1CCCCC1. The quantitative estimate of drug-likeness (QED) is 0.892. The van der Waals surface area contributed by atoms with E-state index in [1.54, 1.807) is 12.5 Å². The summed E-state index contributed by atoms with van der Waals surface area (Å²) in [7, 11) is 0. The number of urea groups is 1. The second-order valence-electron chi connectivity index (χ2n) is 4.89. The summed E-state index contributed by atoms with van der Waals surface area (Å²) in [4.78, 5) is 14.1. The summed E-state index contributed by atoms with van der Waals surface area (Å²) in [6, 6.07) is 2.35. The first-order chi connectivity index (χ1) is 8.81. The molecule has 1 fully saturated rings. The Balaban J connectivity index is 2.03. The normalized spacial score (nSPS) is 16.5. The lowest BCUT2D eigenvalue weighted by molar-refractivity contribution is 0.151. The van der Waals surface area contributed by atoms with Crippen molar-refractivity contribution in [1.29, 1.82) is 0 Å². The highest BCUT2D eigenvalue weighted by Gasteiger charge is 2.25. The summed E-state index contributed by atoms with van der Waals surface area (Å²) >= 11 is 0. The molecular weight excluding hydrogens is 228 g/mol. The molecule has 4 nitrogen and oxygen atoms in total. The Labute approximate surface area is 108 Å². The van der Waals surface area contributed by atoms with Crippen molar-refractivity contribution in [2.24, 2.45) is 0 Å². The van der Waals surface area contributed by atoms with Crippen LogP contribution in [0.1, 0.15) is 44.6 Å². The van der Waals surface area contributed by atoms with Gasteiger partial charge in [0, 0.05) is 18.2 Å². The van der Waals surface area contributed by atoms with Gasteiger partial charge >= 0.3 is 6.03 Å². The monoisotopic (exact) mass is 250 g/mol.